The Kier molecular flexibility index (Phi) is 4.77. The van der Waals surface area contributed by atoms with Gasteiger partial charge in [0, 0.05) is 5.38 Å². The number of para-hydroxylation sites is 1. The van der Waals surface area contributed by atoms with Crippen molar-refractivity contribution >= 4 is 51.6 Å². The van der Waals surface area contributed by atoms with E-state index >= 15 is 0 Å². The van der Waals surface area contributed by atoms with E-state index in [0.29, 0.717) is 5.56 Å². The van der Waals surface area contributed by atoms with Gasteiger partial charge in [-0.05, 0) is 29.8 Å². The topological polar surface area (TPSA) is 92.4 Å². The minimum absolute atomic E-state index is 0.0272. The van der Waals surface area contributed by atoms with E-state index in [9.17, 15) is 23.5 Å². The number of nitrogens with zero attached hydrogens (tertiary/aromatic N) is 1. The first kappa shape index (κ1) is 19.0. The molecule has 0 aliphatic rings. The number of hydrogen-bond acceptors (Lipinski definition) is 5. The Morgan fingerprint density at radius 1 is 1.17 bits per heavy atom. The highest BCUT2D eigenvalue weighted by Crippen LogP contribution is 2.37. The Morgan fingerprint density at radius 2 is 1.97 bits per heavy atom. The maximum Gasteiger partial charge on any atom is 0.339 e. The number of fused-ring (bicyclic) bond motifs is 1. The Hall–Kier alpha value is -3.30. The summed E-state index contributed by atoms with van der Waals surface area (Å²) in [5.74, 6) is -3.98. The normalized spacial score (nSPS) is 11.0. The lowest BCUT2D eigenvalue weighted by Gasteiger charge is -2.05. The van der Waals surface area contributed by atoms with Gasteiger partial charge in [0.15, 0.2) is 11.4 Å². The van der Waals surface area contributed by atoms with Crippen LogP contribution in [-0.2, 0) is 0 Å². The fourth-order valence-corrected chi connectivity index (χ4v) is 3.81. The molecule has 0 atom stereocenters. The maximum absolute atomic E-state index is 13.8. The highest BCUT2D eigenvalue weighted by molar-refractivity contribution is 7.14. The van der Waals surface area contributed by atoms with Crippen molar-refractivity contribution in [1.29, 1.82) is 0 Å². The van der Waals surface area contributed by atoms with Crippen LogP contribution in [0.4, 0.5) is 14.5 Å². The predicted molar refractivity (Wildman–Crippen MR) is 104 cm³/mol. The van der Waals surface area contributed by atoms with Gasteiger partial charge in [-0.25, -0.2) is 18.6 Å². The molecule has 0 aliphatic heterocycles. The molecule has 146 valence electrons. The van der Waals surface area contributed by atoms with Crippen LogP contribution in [0.1, 0.15) is 21.0 Å². The molecule has 0 fully saturated rings. The largest absolute Gasteiger partial charge is 0.478 e. The van der Waals surface area contributed by atoms with Crippen molar-refractivity contribution in [3.63, 3.8) is 0 Å². The monoisotopic (exact) mass is 434 g/mol. The molecule has 0 saturated heterocycles. The molecule has 2 aromatic carbocycles. The minimum atomic E-state index is -1.32. The lowest BCUT2D eigenvalue weighted by atomic mass is 10.1. The second-order valence-electron chi connectivity index (χ2n) is 5.85. The second-order valence-corrected chi connectivity index (χ2v) is 7.14. The van der Waals surface area contributed by atoms with Crippen LogP contribution in [0.25, 0.3) is 21.5 Å². The Morgan fingerprint density at radius 3 is 2.66 bits per heavy atom. The van der Waals surface area contributed by atoms with Crippen molar-refractivity contribution in [2.75, 3.05) is 5.32 Å². The summed E-state index contributed by atoms with van der Waals surface area (Å²) in [6.07, 6.45) is 0. The van der Waals surface area contributed by atoms with Gasteiger partial charge < -0.3 is 14.8 Å². The first-order chi connectivity index (χ1) is 13.8. The van der Waals surface area contributed by atoms with Gasteiger partial charge in [0.05, 0.1) is 15.6 Å². The highest BCUT2D eigenvalue weighted by Gasteiger charge is 2.24. The highest BCUT2D eigenvalue weighted by atomic mass is 35.5. The molecule has 2 heterocycles. The van der Waals surface area contributed by atoms with E-state index in [1.165, 1.54) is 29.6 Å². The molecule has 0 aliphatic carbocycles. The number of carbonyl (C=O) groups excluding carboxylic acids is 1. The molecule has 4 aromatic rings. The van der Waals surface area contributed by atoms with Crippen molar-refractivity contribution in [3.8, 4) is 10.4 Å². The minimum Gasteiger partial charge on any atom is -0.478 e. The lowest BCUT2D eigenvalue weighted by Crippen LogP contribution is -2.14. The number of oxazole rings is 1. The zero-order chi connectivity index (χ0) is 20.7. The van der Waals surface area contributed by atoms with E-state index in [4.69, 9.17) is 16.0 Å². The summed E-state index contributed by atoms with van der Waals surface area (Å²) < 4.78 is 32.7. The fraction of sp³-hybridized carbons (Fsp3) is 0. The predicted octanol–water partition coefficient (Wildman–Crippen LogP) is 5.44. The van der Waals surface area contributed by atoms with Gasteiger partial charge in [-0.1, -0.05) is 23.7 Å². The fourth-order valence-electron chi connectivity index (χ4n) is 2.70. The number of hydrogen-bond donors (Lipinski definition) is 2. The van der Waals surface area contributed by atoms with Crippen LogP contribution in [0.2, 0.25) is 5.02 Å². The van der Waals surface area contributed by atoms with Gasteiger partial charge in [-0.2, -0.15) is 0 Å². The molecule has 0 saturated carbocycles. The number of nitrogens with one attached hydrogen (secondary N) is 1. The third kappa shape index (κ3) is 3.45. The number of carboxylic acid groups (broad SMARTS) is 1. The van der Waals surface area contributed by atoms with E-state index in [0.717, 1.165) is 23.5 Å². The van der Waals surface area contributed by atoms with Crippen LogP contribution in [-0.4, -0.2) is 22.0 Å². The number of carbonyl (C=O) groups is 2. The zero-order valence-electron chi connectivity index (χ0n) is 14.2. The first-order valence-corrected chi connectivity index (χ1v) is 9.27. The molecule has 0 bridgehead atoms. The maximum atomic E-state index is 13.8. The van der Waals surface area contributed by atoms with Gasteiger partial charge in [0.25, 0.3) is 5.89 Å². The van der Waals surface area contributed by atoms with E-state index < -0.39 is 29.4 Å². The van der Waals surface area contributed by atoms with Crippen molar-refractivity contribution < 1.29 is 27.9 Å². The summed E-state index contributed by atoms with van der Waals surface area (Å²) in [4.78, 5) is 28.4. The van der Waals surface area contributed by atoms with Crippen LogP contribution in [0.3, 0.4) is 0 Å². The number of thiophene rings is 1. The lowest BCUT2D eigenvalue weighted by molar-refractivity contribution is 0.0699. The number of carboxylic acids is 1. The SMILES string of the molecule is O=C(Nc1csc(-c2ccc(Cl)c(F)c2)c1C(=O)O)c1nc2cccc(F)c2o1. The Balaban J connectivity index is 1.70. The van der Waals surface area contributed by atoms with Crippen LogP contribution >= 0.6 is 22.9 Å². The van der Waals surface area contributed by atoms with Crippen LogP contribution in [0, 0.1) is 11.6 Å². The summed E-state index contributed by atoms with van der Waals surface area (Å²) >= 11 is 6.67. The van der Waals surface area contributed by atoms with E-state index in [-0.39, 0.29) is 32.3 Å². The molecule has 2 N–H and O–H groups in total. The molecule has 0 spiro atoms. The molecular weight excluding hydrogens is 426 g/mol. The van der Waals surface area contributed by atoms with Gasteiger partial charge in [0.2, 0.25) is 0 Å². The van der Waals surface area contributed by atoms with Gasteiger partial charge in [0.1, 0.15) is 16.9 Å². The average molecular weight is 435 g/mol. The van der Waals surface area contributed by atoms with E-state index in [2.05, 4.69) is 10.3 Å². The summed E-state index contributed by atoms with van der Waals surface area (Å²) in [6.45, 7) is 0. The molecule has 0 radical (unpaired) electrons. The smallest absolute Gasteiger partial charge is 0.339 e. The molecule has 0 unspecified atom stereocenters. The zero-order valence-corrected chi connectivity index (χ0v) is 15.8. The van der Waals surface area contributed by atoms with Crippen LogP contribution in [0.5, 0.6) is 0 Å². The number of aromatic carboxylic acids is 1. The number of anilines is 1. The molecule has 29 heavy (non-hydrogen) atoms. The van der Waals surface area contributed by atoms with Gasteiger partial charge in [-0.15, -0.1) is 11.3 Å². The molecule has 4 rings (SSSR count). The number of benzene rings is 2. The molecule has 6 nitrogen and oxygen atoms in total. The summed E-state index contributed by atoms with van der Waals surface area (Å²) in [7, 11) is 0. The quantitative estimate of drug-likeness (QED) is 0.446. The van der Waals surface area contributed by atoms with Crippen molar-refractivity contribution in [1.82, 2.24) is 4.98 Å². The van der Waals surface area contributed by atoms with Gasteiger partial charge in [-0.3, -0.25) is 4.79 Å². The van der Waals surface area contributed by atoms with E-state index in [1.807, 2.05) is 0 Å². The first-order valence-electron chi connectivity index (χ1n) is 8.01. The van der Waals surface area contributed by atoms with Crippen LogP contribution < -0.4 is 5.32 Å². The number of aromatic nitrogens is 1. The third-order valence-electron chi connectivity index (χ3n) is 4.00. The number of halogens is 3. The Bertz CT molecular complexity index is 1280. The third-order valence-corrected chi connectivity index (χ3v) is 5.33. The Labute approximate surface area is 170 Å². The van der Waals surface area contributed by atoms with Crippen molar-refractivity contribution in [2.45, 2.75) is 0 Å². The average Bonchev–Trinajstić information content (AvgIpc) is 3.29. The number of rotatable bonds is 4. The van der Waals surface area contributed by atoms with Crippen molar-refractivity contribution in [3.05, 3.63) is 69.9 Å². The van der Waals surface area contributed by atoms with Gasteiger partial charge >= 0.3 is 11.9 Å². The standard InChI is InChI=1S/C19H9ClF2N2O4S/c20-9-5-4-8(6-11(9)22)16-14(19(26)27)13(7-29-16)23-17(25)18-24-12-3-1-2-10(21)15(12)28-18/h1-7H,(H,23,25)(H,26,27). The van der Waals surface area contributed by atoms with Crippen LogP contribution in [0.15, 0.2) is 46.2 Å². The van der Waals surface area contributed by atoms with E-state index in [1.54, 1.807) is 0 Å². The second kappa shape index (κ2) is 7.26. The molecule has 10 heteroatoms. The molecular formula is C19H9ClF2N2O4S. The molecule has 2 aromatic heterocycles. The molecule has 1 amide bonds. The number of amides is 1. The summed E-state index contributed by atoms with van der Waals surface area (Å²) in [5, 5.41) is 13.3. The summed E-state index contributed by atoms with van der Waals surface area (Å²) in [6, 6.07) is 7.94. The summed E-state index contributed by atoms with van der Waals surface area (Å²) in [5.41, 5.74) is 0.00157. The van der Waals surface area contributed by atoms with Crippen molar-refractivity contribution in [2.24, 2.45) is 0 Å².